The molecule has 0 saturated carbocycles. The lowest BCUT2D eigenvalue weighted by Gasteiger charge is -2.17. The first-order valence-corrected chi connectivity index (χ1v) is 11.0. The molecule has 1 unspecified atom stereocenters. The average molecular weight is 431 g/mol. The highest BCUT2D eigenvalue weighted by atomic mass is 32.2. The average Bonchev–Trinajstić information content (AvgIpc) is 3.33. The Morgan fingerprint density at radius 3 is 2.60 bits per heavy atom. The third-order valence-electron chi connectivity index (χ3n) is 5.13. The van der Waals surface area contributed by atoms with Crippen LogP contribution < -0.4 is 24.8 Å². The third-order valence-corrected chi connectivity index (χ3v) is 6.06. The Bertz CT molecular complexity index is 1080. The molecule has 1 atom stereocenters. The lowest BCUT2D eigenvalue weighted by Crippen LogP contribution is -2.34. The van der Waals surface area contributed by atoms with E-state index in [1.165, 1.54) is 12.1 Å². The normalized spacial score (nSPS) is 18.0. The van der Waals surface area contributed by atoms with Crippen LogP contribution in [0.4, 0.5) is 5.69 Å². The molecule has 1 saturated heterocycles. The molecule has 10 heteroatoms. The van der Waals surface area contributed by atoms with Gasteiger partial charge in [-0.1, -0.05) is 12.1 Å². The summed E-state index contributed by atoms with van der Waals surface area (Å²) in [7, 11) is -3.72. The van der Waals surface area contributed by atoms with Gasteiger partial charge >= 0.3 is 0 Å². The van der Waals surface area contributed by atoms with Crippen LogP contribution in [0.25, 0.3) is 0 Å². The molecule has 2 heterocycles. The van der Waals surface area contributed by atoms with Crippen molar-refractivity contribution in [3.05, 3.63) is 48.0 Å². The van der Waals surface area contributed by atoms with E-state index in [-0.39, 0.29) is 29.9 Å². The van der Waals surface area contributed by atoms with Crippen LogP contribution in [-0.2, 0) is 26.0 Å². The van der Waals surface area contributed by atoms with E-state index in [1.54, 1.807) is 35.2 Å². The van der Waals surface area contributed by atoms with Gasteiger partial charge < -0.3 is 19.7 Å². The number of carbonyl (C=O) groups excluding carboxylic acids is 2. The van der Waals surface area contributed by atoms with Crippen molar-refractivity contribution in [2.45, 2.75) is 17.7 Å². The first-order chi connectivity index (χ1) is 14.3. The van der Waals surface area contributed by atoms with Gasteiger partial charge in [0, 0.05) is 31.3 Å². The SMILES string of the molecule is NS(=O)(=O)c1ccc(CCNC(=O)C2CC(=O)N(c3ccc4c(c3)OCO4)C2)cc1. The van der Waals surface area contributed by atoms with Gasteiger partial charge in [-0.2, -0.15) is 0 Å². The lowest BCUT2D eigenvalue weighted by atomic mass is 10.1. The number of benzene rings is 2. The number of nitrogens with zero attached hydrogens (tertiary/aromatic N) is 1. The summed E-state index contributed by atoms with van der Waals surface area (Å²) in [4.78, 5) is 26.5. The molecule has 2 aliphatic rings. The van der Waals surface area contributed by atoms with E-state index < -0.39 is 15.9 Å². The molecule has 0 spiro atoms. The Kier molecular flexibility index (Phi) is 5.35. The predicted octanol–water partition coefficient (Wildman–Crippen LogP) is 0.774. The first kappa shape index (κ1) is 20.2. The van der Waals surface area contributed by atoms with Crippen molar-refractivity contribution in [3.63, 3.8) is 0 Å². The molecule has 2 aromatic rings. The molecule has 0 aromatic heterocycles. The van der Waals surface area contributed by atoms with Gasteiger partial charge in [-0.15, -0.1) is 0 Å². The van der Waals surface area contributed by atoms with Crippen LogP contribution in [0.2, 0.25) is 0 Å². The highest BCUT2D eigenvalue weighted by Gasteiger charge is 2.35. The third kappa shape index (κ3) is 4.24. The quantitative estimate of drug-likeness (QED) is 0.696. The molecule has 2 aromatic carbocycles. The van der Waals surface area contributed by atoms with Gasteiger partial charge in [0.25, 0.3) is 0 Å². The van der Waals surface area contributed by atoms with Gasteiger partial charge in [-0.3, -0.25) is 9.59 Å². The lowest BCUT2D eigenvalue weighted by molar-refractivity contribution is -0.126. The van der Waals surface area contributed by atoms with Crippen molar-refractivity contribution in [1.82, 2.24) is 5.32 Å². The monoisotopic (exact) mass is 431 g/mol. The van der Waals surface area contributed by atoms with Crippen molar-refractivity contribution >= 4 is 27.5 Å². The fourth-order valence-electron chi connectivity index (χ4n) is 3.51. The number of fused-ring (bicyclic) bond motifs is 1. The smallest absolute Gasteiger partial charge is 0.238 e. The zero-order valence-electron chi connectivity index (χ0n) is 16.0. The Balaban J connectivity index is 1.31. The Labute approximate surface area is 173 Å². The molecule has 30 heavy (non-hydrogen) atoms. The van der Waals surface area contributed by atoms with Gasteiger partial charge in [0.15, 0.2) is 11.5 Å². The summed E-state index contributed by atoms with van der Waals surface area (Å²) in [6.45, 7) is 0.832. The van der Waals surface area contributed by atoms with Crippen LogP contribution in [0.1, 0.15) is 12.0 Å². The maximum atomic E-state index is 12.5. The van der Waals surface area contributed by atoms with E-state index in [2.05, 4.69) is 5.32 Å². The first-order valence-electron chi connectivity index (χ1n) is 9.41. The summed E-state index contributed by atoms with van der Waals surface area (Å²) in [6.07, 6.45) is 0.673. The summed E-state index contributed by atoms with van der Waals surface area (Å²) in [5, 5.41) is 7.92. The van der Waals surface area contributed by atoms with Crippen LogP contribution in [0.5, 0.6) is 11.5 Å². The molecule has 2 amide bonds. The minimum absolute atomic E-state index is 0.0448. The molecule has 1 fully saturated rings. The van der Waals surface area contributed by atoms with Gasteiger partial charge in [0.05, 0.1) is 10.8 Å². The zero-order chi connectivity index (χ0) is 21.3. The number of nitrogens with two attached hydrogens (primary N) is 1. The number of sulfonamides is 1. The summed E-state index contributed by atoms with van der Waals surface area (Å²) in [5.74, 6) is 0.478. The fraction of sp³-hybridized carbons (Fsp3) is 0.300. The number of carbonyl (C=O) groups is 2. The molecule has 4 rings (SSSR count). The second kappa shape index (κ2) is 7.96. The highest BCUT2D eigenvalue weighted by Crippen LogP contribution is 2.37. The second-order valence-corrected chi connectivity index (χ2v) is 8.73. The zero-order valence-corrected chi connectivity index (χ0v) is 16.9. The molecule has 0 radical (unpaired) electrons. The van der Waals surface area contributed by atoms with E-state index in [9.17, 15) is 18.0 Å². The fourth-order valence-corrected chi connectivity index (χ4v) is 4.02. The predicted molar refractivity (Wildman–Crippen MR) is 108 cm³/mol. The van der Waals surface area contributed by atoms with Crippen LogP contribution in [0.15, 0.2) is 47.4 Å². The molecule has 2 aliphatic heterocycles. The maximum absolute atomic E-state index is 12.5. The summed E-state index contributed by atoms with van der Waals surface area (Å²) in [5.41, 5.74) is 1.54. The van der Waals surface area contributed by atoms with Crippen molar-refractivity contribution in [1.29, 1.82) is 0 Å². The van der Waals surface area contributed by atoms with Gasteiger partial charge in [0.1, 0.15) is 0 Å². The summed E-state index contributed by atoms with van der Waals surface area (Å²) >= 11 is 0. The van der Waals surface area contributed by atoms with E-state index >= 15 is 0 Å². The number of anilines is 1. The molecular weight excluding hydrogens is 410 g/mol. The standard InChI is InChI=1S/C20H21N3O6S/c21-30(26,27)16-4-1-13(2-5-16)7-8-22-20(25)14-9-19(24)23(11-14)15-3-6-17-18(10-15)29-12-28-17/h1-6,10,14H,7-9,11-12H2,(H,22,25)(H2,21,26,27). The number of hydrogen-bond acceptors (Lipinski definition) is 6. The number of primary sulfonamides is 1. The summed E-state index contributed by atoms with van der Waals surface area (Å²) < 4.78 is 33.2. The molecule has 3 N–H and O–H groups in total. The van der Waals surface area contributed by atoms with Crippen LogP contribution in [0, 0.1) is 5.92 Å². The molecule has 0 aliphatic carbocycles. The maximum Gasteiger partial charge on any atom is 0.238 e. The molecule has 158 valence electrons. The number of hydrogen-bond donors (Lipinski definition) is 2. The van der Waals surface area contributed by atoms with Gasteiger partial charge in [0.2, 0.25) is 28.6 Å². The van der Waals surface area contributed by atoms with Crippen LogP contribution >= 0.6 is 0 Å². The molecule has 0 bridgehead atoms. The van der Waals surface area contributed by atoms with Crippen molar-refractivity contribution in [2.24, 2.45) is 11.1 Å². The van der Waals surface area contributed by atoms with Crippen LogP contribution in [-0.4, -0.2) is 40.1 Å². The minimum Gasteiger partial charge on any atom is -0.454 e. The Morgan fingerprint density at radius 1 is 1.13 bits per heavy atom. The molecule has 9 nitrogen and oxygen atoms in total. The molecular formula is C20H21N3O6S. The van der Waals surface area contributed by atoms with E-state index in [1.807, 2.05) is 0 Å². The minimum atomic E-state index is -3.72. The van der Waals surface area contributed by atoms with Gasteiger partial charge in [-0.25, -0.2) is 13.6 Å². The van der Waals surface area contributed by atoms with Crippen molar-refractivity contribution in [2.75, 3.05) is 24.8 Å². The number of ether oxygens (including phenoxy) is 2. The van der Waals surface area contributed by atoms with E-state index in [0.717, 1.165) is 5.56 Å². The van der Waals surface area contributed by atoms with E-state index in [4.69, 9.17) is 14.6 Å². The largest absolute Gasteiger partial charge is 0.454 e. The second-order valence-electron chi connectivity index (χ2n) is 7.17. The summed E-state index contributed by atoms with van der Waals surface area (Å²) in [6, 6.07) is 11.5. The van der Waals surface area contributed by atoms with E-state index in [0.29, 0.717) is 36.7 Å². The number of amides is 2. The van der Waals surface area contributed by atoms with Crippen molar-refractivity contribution < 1.29 is 27.5 Å². The van der Waals surface area contributed by atoms with Crippen LogP contribution in [0.3, 0.4) is 0 Å². The Hall–Kier alpha value is -3.11. The topological polar surface area (TPSA) is 128 Å². The highest BCUT2D eigenvalue weighted by molar-refractivity contribution is 7.89. The van der Waals surface area contributed by atoms with Crippen molar-refractivity contribution in [3.8, 4) is 11.5 Å². The van der Waals surface area contributed by atoms with Gasteiger partial charge in [-0.05, 0) is 36.2 Å². The Morgan fingerprint density at radius 2 is 1.87 bits per heavy atom. The number of rotatable bonds is 6. The number of nitrogens with one attached hydrogen (secondary N) is 1.